The van der Waals surface area contributed by atoms with Crippen molar-refractivity contribution in [1.82, 2.24) is 5.32 Å². The first-order valence-electron chi connectivity index (χ1n) is 7.45. The molecule has 0 aliphatic heterocycles. The van der Waals surface area contributed by atoms with E-state index in [4.69, 9.17) is 0 Å². The molecule has 0 radical (unpaired) electrons. The predicted molar refractivity (Wildman–Crippen MR) is 87.6 cm³/mol. The highest BCUT2D eigenvalue weighted by Crippen LogP contribution is 2.20. The summed E-state index contributed by atoms with van der Waals surface area (Å²) in [5, 5.41) is 15.0. The van der Waals surface area contributed by atoms with Crippen LogP contribution in [0.15, 0.2) is 18.2 Å². The molecule has 22 heavy (non-hydrogen) atoms. The molecule has 5 heteroatoms. The van der Waals surface area contributed by atoms with Crippen LogP contribution in [0.5, 0.6) is 0 Å². The molecule has 3 N–H and O–H groups in total. The molecular weight excluding hydrogens is 280 g/mol. The number of carbonyl (C=O) groups excluding carboxylic acids is 2. The Balaban J connectivity index is 2.47. The first-order valence-corrected chi connectivity index (χ1v) is 7.45. The summed E-state index contributed by atoms with van der Waals surface area (Å²) >= 11 is 0. The van der Waals surface area contributed by atoms with Gasteiger partial charge in [-0.1, -0.05) is 26.8 Å². The second kappa shape index (κ2) is 7.40. The lowest BCUT2D eigenvalue weighted by Crippen LogP contribution is -2.38. The summed E-state index contributed by atoms with van der Waals surface area (Å²) in [6, 6.07) is 5.60. The van der Waals surface area contributed by atoms with Gasteiger partial charge in [0.25, 0.3) is 0 Å². The van der Waals surface area contributed by atoms with Crippen molar-refractivity contribution >= 4 is 17.5 Å². The summed E-state index contributed by atoms with van der Waals surface area (Å²) in [5.41, 5.74) is 2.40. The molecule has 122 valence electrons. The molecule has 5 nitrogen and oxygen atoms in total. The lowest BCUT2D eigenvalue weighted by molar-refractivity contribution is -0.136. The molecule has 0 fully saturated rings. The van der Waals surface area contributed by atoms with E-state index in [1.807, 2.05) is 52.8 Å². The molecule has 1 rings (SSSR count). The molecule has 0 saturated heterocycles. The van der Waals surface area contributed by atoms with Crippen molar-refractivity contribution in [3.05, 3.63) is 29.3 Å². The molecule has 0 aromatic heterocycles. The Labute approximate surface area is 132 Å². The minimum absolute atomic E-state index is 0.244. The van der Waals surface area contributed by atoms with E-state index in [1.54, 1.807) is 0 Å². The van der Waals surface area contributed by atoms with E-state index in [-0.39, 0.29) is 12.0 Å². The van der Waals surface area contributed by atoms with Crippen molar-refractivity contribution in [3.8, 4) is 0 Å². The molecule has 2 amide bonds. The molecular formula is C17H26N2O3. The van der Waals surface area contributed by atoms with Crippen molar-refractivity contribution in [1.29, 1.82) is 0 Å². The second-order valence-electron chi connectivity index (χ2n) is 6.76. The van der Waals surface area contributed by atoms with E-state index >= 15 is 0 Å². The van der Waals surface area contributed by atoms with Crippen molar-refractivity contribution in [2.24, 2.45) is 5.41 Å². The smallest absolute Gasteiger partial charge is 0.313 e. The topological polar surface area (TPSA) is 78.4 Å². The fourth-order valence-corrected chi connectivity index (χ4v) is 2.07. The van der Waals surface area contributed by atoms with Gasteiger partial charge in [0.15, 0.2) is 0 Å². The minimum atomic E-state index is -0.699. The van der Waals surface area contributed by atoms with Gasteiger partial charge in [0, 0.05) is 12.2 Å². The number of nitrogens with one attached hydrogen (secondary N) is 2. The summed E-state index contributed by atoms with van der Waals surface area (Å²) in [4.78, 5) is 23.6. The number of carbonyl (C=O) groups is 2. The highest BCUT2D eigenvalue weighted by Gasteiger charge is 2.22. The van der Waals surface area contributed by atoms with Gasteiger partial charge in [-0.15, -0.1) is 0 Å². The third-order valence-electron chi connectivity index (χ3n) is 3.39. The molecule has 0 unspecified atom stereocenters. The first kappa shape index (κ1) is 18.2. The molecule has 0 heterocycles. The molecule has 0 saturated carbocycles. The van der Waals surface area contributed by atoms with E-state index in [0.717, 1.165) is 11.1 Å². The van der Waals surface area contributed by atoms with Gasteiger partial charge in [0.1, 0.15) is 0 Å². The zero-order valence-electron chi connectivity index (χ0n) is 14.0. The summed E-state index contributed by atoms with van der Waals surface area (Å²) in [5.74, 6) is -1.39. The van der Waals surface area contributed by atoms with Gasteiger partial charge in [-0.2, -0.15) is 0 Å². The van der Waals surface area contributed by atoms with E-state index in [0.29, 0.717) is 12.1 Å². The Bertz CT molecular complexity index is 527. The van der Waals surface area contributed by atoms with E-state index in [2.05, 4.69) is 10.6 Å². The zero-order chi connectivity index (χ0) is 16.9. The van der Waals surface area contributed by atoms with Crippen LogP contribution in [0.4, 0.5) is 5.69 Å². The molecule has 0 spiro atoms. The van der Waals surface area contributed by atoms with Gasteiger partial charge in [-0.25, -0.2) is 0 Å². The Hall–Kier alpha value is -1.88. The van der Waals surface area contributed by atoms with Gasteiger partial charge >= 0.3 is 11.8 Å². The average Bonchev–Trinajstić information content (AvgIpc) is 2.35. The largest absolute Gasteiger partial charge is 0.393 e. The Morgan fingerprint density at radius 3 is 2.14 bits per heavy atom. The van der Waals surface area contributed by atoms with Gasteiger partial charge in [-0.3, -0.25) is 9.59 Å². The number of amides is 2. The van der Waals surface area contributed by atoms with Crippen molar-refractivity contribution in [2.45, 2.75) is 47.1 Å². The van der Waals surface area contributed by atoms with Crippen LogP contribution < -0.4 is 10.6 Å². The van der Waals surface area contributed by atoms with Crippen LogP contribution in [0.25, 0.3) is 0 Å². The van der Waals surface area contributed by atoms with Crippen molar-refractivity contribution in [2.75, 3.05) is 11.9 Å². The maximum atomic E-state index is 11.8. The fourth-order valence-electron chi connectivity index (χ4n) is 2.07. The summed E-state index contributed by atoms with van der Waals surface area (Å²) in [7, 11) is 0. The molecule has 0 aliphatic rings. The van der Waals surface area contributed by atoms with E-state index in [1.165, 1.54) is 0 Å². The van der Waals surface area contributed by atoms with Crippen LogP contribution in [-0.2, 0) is 9.59 Å². The van der Waals surface area contributed by atoms with Gasteiger partial charge in [0.05, 0.1) is 6.10 Å². The minimum Gasteiger partial charge on any atom is -0.393 e. The number of hydrogen-bond acceptors (Lipinski definition) is 3. The first-order chi connectivity index (χ1) is 10.1. The maximum absolute atomic E-state index is 11.8. The molecule has 1 aromatic rings. The molecule has 1 aromatic carbocycles. The quantitative estimate of drug-likeness (QED) is 0.746. The van der Waals surface area contributed by atoms with Crippen LogP contribution in [0.3, 0.4) is 0 Å². The molecule has 0 aliphatic carbocycles. The van der Waals surface area contributed by atoms with Crippen molar-refractivity contribution < 1.29 is 14.7 Å². The third-order valence-corrected chi connectivity index (χ3v) is 3.39. The number of benzene rings is 1. The predicted octanol–water partition coefficient (Wildman–Crippen LogP) is 2.16. The number of hydrogen-bond donors (Lipinski definition) is 3. The number of rotatable bonds is 4. The normalized spacial score (nSPS) is 12.6. The van der Waals surface area contributed by atoms with Gasteiger partial charge in [0.2, 0.25) is 0 Å². The van der Waals surface area contributed by atoms with Crippen LogP contribution in [0.1, 0.15) is 38.3 Å². The average molecular weight is 306 g/mol. The van der Waals surface area contributed by atoms with Crippen molar-refractivity contribution in [3.63, 3.8) is 0 Å². The fraction of sp³-hybridized carbons (Fsp3) is 0.529. The number of aliphatic hydroxyl groups excluding tert-OH is 1. The lowest BCUT2D eigenvalue weighted by atomic mass is 9.87. The SMILES string of the molecule is Cc1cc(C)cc(NC(=O)C(=O)NCC[C@@H](O)C(C)(C)C)c1. The third kappa shape index (κ3) is 5.85. The van der Waals surface area contributed by atoms with Crippen LogP contribution in [0.2, 0.25) is 0 Å². The molecule has 1 atom stereocenters. The van der Waals surface area contributed by atoms with Crippen LogP contribution in [0, 0.1) is 19.3 Å². The van der Waals surface area contributed by atoms with Gasteiger partial charge < -0.3 is 15.7 Å². The highest BCUT2D eigenvalue weighted by atomic mass is 16.3. The summed E-state index contributed by atoms with van der Waals surface area (Å²) in [6.45, 7) is 9.88. The standard InChI is InChI=1S/C17H26N2O3/c1-11-8-12(2)10-13(9-11)19-16(22)15(21)18-7-6-14(20)17(3,4)5/h8-10,14,20H,6-7H2,1-5H3,(H,18,21)(H,19,22)/t14-/m1/s1. The zero-order valence-corrected chi connectivity index (χ0v) is 14.0. The number of aryl methyl sites for hydroxylation is 2. The Kier molecular flexibility index (Phi) is 6.11. The van der Waals surface area contributed by atoms with Gasteiger partial charge in [-0.05, 0) is 48.9 Å². The van der Waals surface area contributed by atoms with Crippen LogP contribution in [-0.4, -0.2) is 29.6 Å². The number of anilines is 1. The monoisotopic (exact) mass is 306 g/mol. The maximum Gasteiger partial charge on any atom is 0.313 e. The van der Waals surface area contributed by atoms with E-state index < -0.39 is 17.9 Å². The Morgan fingerprint density at radius 2 is 1.64 bits per heavy atom. The second-order valence-corrected chi connectivity index (χ2v) is 6.76. The number of aliphatic hydroxyl groups is 1. The summed E-state index contributed by atoms with van der Waals surface area (Å²) in [6.07, 6.45) is -0.123. The van der Waals surface area contributed by atoms with E-state index in [9.17, 15) is 14.7 Å². The van der Waals surface area contributed by atoms with Crippen LogP contribution >= 0.6 is 0 Å². The highest BCUT2D eigenvalue weighted by molar-refractivity contribution is 6.39. The molecule has 0 bridgehead atoms. The Morgan fingerprint density at radius 1 is 1.09 bits per heavy atom. The summed E-state index contributed by atoms with van der Waals surface area (Å²) < 4.78 is 0. The lowest BCUT2D eigenvalue weighted by Gasteiger charge is -2.25.